The third-order valence-electron chi connectivity index (χ3n) is 3.17. The Morgan fingerprint density at radius 2 is 1.94 bits per heavy atom. The highest BCUT2D eigenvalue weighted by atomic mass is 16.1. The van der Waals surface area contributed by atoms with Crippen LogP contribution in [0.3, 0.4) is 0 Å². The lowest BCUT2D eigenvalue weighted by Gasteiger charge is -2.17. The summed E-state index contributed by atoms with van der Waals surface area (Å²) in [6.45, 7) is 9.16. The minimum absolute atomic E-state index is 0.0927. The second-order valence-electron chi connectivity index (χ2n) is 4.38. The molecular formula is C15H24N2O. The molecule has 0 aromatic heterocycles. The highest BCUT2D eigenvalue weighted by molar-refractivity contribution is 5.90. The van der Waals surface area contributed by atoms with Gasteiger partial charge in [-0.2, -0.15) is 0 Å². The van der Waals surface area contributed by atoms with Gasteiger partial charge < -0.3 is 10.2 Å². The maximum absolute atomic E-state index is 11.8. The summed E-state index contributed by atoms with van der Waals surface area (Å²) in [5, 5.41) is 2.95. The largest absolute Gasteiger partial charge is 0.326 e. The van der Waals surface area contributed by atoms with E-state index in [4.69, 9.17) is 0 Å². The lowest BCUT2D eigenvalue weighted by Crippen LogP contribution is -2.27. The van der Waals surface area contributed by atoms with Crippen LogP contribution in [0.2, 0.25) is 0 Å². The molecular weight excluding hydrogens is 224 g/mol. The van der Waals surface area contributed by atoms with Crippen molar-refractivity contribution < 1.29 is 4.79 Å². The molecule has 0 atom stereocenters. The molecule has 3 heteroatoms. The number of amides is 1. The second-order valence-corrected chi connectivity index (χ2v) is 4.38. The summed E-state index contributed by atoms with van der Waals surface area (Å²) >= 11 is 0. The van der Waals surface area contributed by atoms with Crippen LogP contribution < -0.4 is 5.32 Å². The average molecular weight is 248 g/mol. The topological polar surface area (TPSA) is 32.3 Å². The molecule has 0 unspecified atom stereocenters. The number of hydrogen-bond acceptors (Lipinski definition) is 2. The normalized spacial score (nSPS) is 10.7. The van der Waals surface area contributed by atoms with E-state index in [-0.39, 0.29) is 5.91 Å². The van der Waals surface area contributed by atoms with Gasteiger partial charge in [0.2, 0.25) is 5.91 Å². The van der Waals surface area contributed by atoms with E-state index >= 15 is 0 Å². The molecule has 0 fully saturated rings. The van der Waals surface area contributed by atoms with E-state index in [1.54, 1.807) is 0 Å². The SMILES string of the molecule is CCc1cccc(NC(=O)CCN(CC)CC)c1. The molecule has 3 nitrogen and oxygen atoms in total. The van der Waals surface area contributed by atoms with Crippen LogP contribution in [0.5, 0.6) is 0 Å². The Hall–Kier alpha value is -1.35. The van der Waals surface area contributed by atoms with Gasteiger partial charge in [-0.05, 0) is 37.2 Å². The molecule has 1 rings (SSSR count). The molecule has 18 heavy (non-hydrogen) atoms. The molecule has 1 amide bonds. The number of nitrogens with one attached hydrogen (secondary N) is 1. The van der Waals surface area contributed by atoms with Crippen molar-refractivity contribution in [2.75, 3.05) is 25.0 Å². The molecule has 0 spiro atoms. The molecule has 1 aromatic carbocycles. The van der Waals surface area contributed by atoms with Crippen molar-refractivity contribution in [1.82, 2.24) is 4.90 Å². The molecule has 0 saturated heterocycles. The first-order valence-corrected chi connectivity index (χ1v) is 6.80. The lowest BCUT2D eigenvalue weighted by atomic mass is 10.1. The van der Waals surface area contributed by atoms with Gasteiger partial charge in [-0.25, -0.2) is 0 Å². The Morgan fingerprint density at radius 3 is 2.56 bits per heavy atom. The molecule has 0 heterocycles. The van der Waals surface area contributed by atoms with E-state index in [0.717, 1.165) is 31.7 Å². The predicted octanol–water partition coefficient (Wildman–Crippen LogP) is 2.92. The molecule has 0 bridgehead atoms. The highest BCUT2D eigenvalue weighted by Crippen LogP contribution is 2.11. The number of carbonyl (C=O) groups is 1. The maximum atomic E-state index is 11.8. The van der Waals surface area contributed by atoms with Gasteiger partial charge in [0.25, 0.3) is 0 Å². The second kappa shape index (κ2) is 7.88. The summed E-state index contributed by atoms with van der Waals surface area (Å²) in [5.74, 6) is 0.0927. The first kappa shape index (κ1) is 14.7. The van der Waals surface area contributed by atoms with Crippen molar-refractivity contribution >= 4 is 11.6 Å². The van der Waals surface area contributed by atoms with Crippen molar-refractivity contribution in [1.29, 1.82) is 0 Å². The summed E-state index contributed by atoms with van der Waals surface area (Å²) in [4.78, 5) is 14.1. The van der Waals surface area contributed by atoms with Gasteiger partial charge in [0.1, 0.15) is 0 Å². The monoisotopic (exact) mass is 248 g/mol. The van der Waals surface area contributed by atoms with Gasteiger partial charge in [0.15, 0.2) is 0 Å². The average Bonchev–Trinajstić information content (AvgIpc) is 2.40. The van der Waals surface area contributed by atoms with Crippen LogP contribution in [0.1, 0.15) is 32.8 Å². The fourth-order valence-corrected chi connectivity index (χ4v) is 1.89. The number of anilines is 1. The smallest absolute Gasteiger partial charge is 0.225 e. The summed E-state index contributed by atoms with van der Waals surface area (Å²) in [7, 11) is 0. The molecule has 100 valence electrons. The van der Waals surface area contributed by atoms with Crippen molar-refractivity contribution in [2.24, 2.45) is 0 Å². The van der Waals surface area contributed by atoms with Crippen molar-refractivity contribution in [3.63, 3.8) is 0 Å². The fraction of sp³-hybridized carbons (Fsp3) is 0.533. The standard InChI is InChI=1S/C15H24N2O/c1-4-13-8-7-9-14(12-13)16-15(18)10-11-17(5-2)6-3/h7-9,12H,4-6,10-11H2,1-3H3,(H,16,18). The van der Waals surface area contributed by atoms with E-state index in [1.807, 2.05) is 18.2 Å². The van der Waals surface area contributed by atoms with Crippen LogP contribution in [0.4, 0.5) is 5.69 Å². The first-order chi connectivity index (χ1) is 8.69. The van der Waals surface area contributed by atoms with Crippen LogP contribution in [-0.4, -0.2) is 30.4 Å². The Kier molecular flexibility index (Phi) is 6.44. The summed E-state index contributed by atoms with van der Waals surface area (Å²) in [6, 6.07) is 8.04. The Bertz CT molecular complexity index is 373. The number of hydrogen-bond donors (Lipinski definition) is 1. The van der Waals surface area contributed by atoms with Crippen LogP contribution >= 0.6 is 0 Å². The van der Waals surface area contributed by atoms with E-state index in [1.165, 1.54) is 5.56 Å². The lowest BCUT2D eigenvalue weighted by molar-refractivity contribution is -0.116. The zero-order valence-corrected chi connectivity index (χ0v) is 11.7. The van der Waals surface area contributed by atoms with Gasteiger partial charge >= 0.3 is 0 Å². The Morgan fingerprint density at radius 1 is 1.22 bits per heavy atom. The molecule has 1 aromatic rings. The van der Waals surface area contributed by atoms with Gasteiger partial charge in [0, 0.05) is 18.7 Å². The number of carbonyl (C=O) groups excluding carboxylic acids is 1. The van der Waals surface area contributed by atoms with E-state index in [0.29, 0.717) is 6.42 Å². The van der Waals surface area contributed by atoms with Crippen LogP contribution in [0.15, 0.2) is 24.3 Å². The number of nitrogens with zero attached hydrogens (tertiary/aromatic N) is 1. The van der Waals surface area contributed by atoms with Crippen molar-refractivity contribution in [2.45, 2.75) is 33.6 Å². The van der Waals surface area contributed by atoms with Crippen molar-refractivity contribution in [3.05, 3.63) is 29.8 Å². The van der Waals surface area contributed by atoms with E-state index in [2.05, 4.69) is 37.1 Å². The van der Waals surface area contributed by atoms with Gasteiger partial charge in [-0.1, -0.05) is 32.9 Å². The Labute approximate surface area is 110 Å². The fourth-order valence-electron chi connectivity index (χ4n) is 1.89. The minimum Gasteiger partial charge on any atom is -0.326 e. The third kappa shape index (κ3) is 4.88. The van der Waals surface area contributed by atoms with Gasteiger partial charge in [-0.3, -0.25) is 4.79 Å². The van der Waals surface area contributed by atoms with Crippen LogP contribution in [0, 0.1) is 0 Å². The quantitative estimate of drug-likeness (QED) is 0.804. The van der Waals surface area contributed by atoms with E-state index in [9.17, 15) is 4.79 Å². The maximum Gasteiger partial charge on any atom is 0.225 e. The third-order valence-corrected chi connectivity index (χ3v) is 3.17. The molecule has 0 aliphatic carbocycles. The first-order valence-electron chi connectivity index (χ1n) is 6.80. The van der Waals surface area contributed by atoms with Gasteiger partial charge in [0.05, 0.1) is 0 Å². The van der Waals surface area contributed by atoms with Crippen molar-refractivity contribution in [3.8, 4) is 0 Å². The van der Waals surface area contributed by atoms with Crippen LogP contribution in [0.25, 0.3) is 0 Å². The zero-order chi connectivity index (χ0) is 13.4. The van der Waals surface area contributed by atoms with Crippen LogP contribution in [-0.2, 0) is 11.2 Å². The summed E-state index contributed by atoms with van der Waals surface area (Å²) in [6.07, 6.45) is 1.54. The number of aryl methyl sites for hydroxylation is 1. The molecule has 0 aliphatic heterocycles. The molecule has 0 aliphatic rings. The molecule has 0 radical (unpaired) electrons. The predicted molar refractivity (Wildman–Crippen MR) is 76.9 cm³/mol. The molecule has 0 saturated carbocycles. The highest BCUT2D eigenvalue weighted by Gasteiger charge is 2.05. The van der Waals surface area contributed by atoms with Gasteiger partial charge in [-0.15, -0.1) is 0 Å². The summed E-state index contributed by atoms with van der Waals surface area (Å²) < 4.78 is 0. The summed E-state index contributed by atoms with van der Waals surface area (Å²) in [5.41, 5.74) is 2.15. The zero-order valence-electron chi connectivity index (χ0n) is 11.7. The minimum atomic E-state index is 0.0927. The Balaban J connectivity index is 2.44. The number of rotatable bonds is 7. The van der Waals surface area contributed by atoms with E-state index < -0.39 is 0 Å². The molecule has 1 N–H and O–H groups in total. The number of benzene rings is 1.